The van der Waals surface area contributed by atoms with Gasteiger partial charge >= 0.3 is 11.9 Å². The number of ether oxygens (including phenoxy) is 4. The lowest BCUT2D eigenvalue weighted by Gasteiger charge is -2.39. The van der Waals surface area contributed by atoms with E-state index in [9.17, 15) is 30.0 Å². The van der Waals surface area contributed by atoms with E-state index < -0.39 is 49.4 Å². The molecule has 0 amide bonds. The number of carbonyl (C=O) groups is 2. The summed E-state index contributed by atoms with van der Waals surface area (Å²) in [5.74, 6) is -0.807. The molecule has 6 unspecified atom stereocenters. The summed E-state index contributed by atoms with van der Waals surface area (Å²) in [6.45, 7) is 3.34. The van der Waals surface area contributed by atoms with Crippen LogP contribution in [0, 0.1) is 0 Å². The number of rotatable bonds is 45. The minimum atomic E-state index is -1.60. The van der Waals surface area contributed by atoms with Gasteiger partial charge in [0.2, 0.25) is 0 Å². The van der Waals surface area contributed by atoms with Crippen molar-refractivity contribution in [2.45, 2.75) is 269 Å². The van der Waals surface area contributed by atoms with Crippen LogP contribution >= 0.6 is 0 Å². The van der Waals surface area contributed by atoms with Gasteiger partial charge < -0.3 is 39.4 Å². The zero-order chi connectivity index (χ0) is 47.3. The molecule has 1 aliphatic heterocycles. The smallest absolute Gasteiger partial charge is 0.306 e. The molecular formula is C55H98O10. The van der Waals surface area contributed by atoms with E-state index in [1.54, 1.807) is 0 Å². The van der Waals surface area contributed by atoms with E-state index in [0.717, 1.165) is 70.6 Å². The quantitative estimate of drug-likeness (QED) is 0.0264. The van der Waals surface area contributed by atoms with Gasteiger partial charge in [0.05, 0.1) is 13.2 Å². The molecule has 0 aromatic heterocycles. The van der Waals surface area contributed by atoms with E-state index in [4.69, 9.17) is 18.9 Å². The predicted octanol–water partition coefficient (Wildman–Crippen LogP) is 12.8. The molecular weight excluding hydrogens is 821 g/mol. The Morgan fingerprint density at radius 3 is 1.37 bits per heavy atom. The highest BCUT2D eigenvalue weighted by molar-refractivity contribution is 5.70. The van der Waals surface area contributed by atoms with E-state index in [0.29, 0.717) is 6.42 Å². The molecule has 10 nitrogen and oxygen atoms in total. The fourth-order valence-electron chi connectivity index (χ4n) is 8.06. The molecule has 0 radical (unpaired) electrons. The summed E-state index contributed by atoms with van der Waals surface area (Å²) in [6.07, 6.45) is 48.3. The molecule has 0 saturated carbocycles. The molecule has 1 aliphatic rings. The first-order chi connectivity index (χ1) is 31.8. The Morgan fingerprint density at radius 2 is 0.908 bits per heavy atom. The van der Waals surface area contributed by atoms with Gasteiger partial charge in [0.25, 0.3) is 0 Å². The minimum Gasteiger partial charge on any atom is -0.462 e. The topological polar surface area (TPSA) is 152 Å². The largest absolute Gasteiger partial charge is 0.462 e. The SMILES string of the molecule is CC/C=C\C/C=C\C/C=C\C/C=C\CCCCCCCCCCC(=O)OC(COC(=O)CCCCCCCCCCCCCCCCCCCCC)COC1OC(CO)C(O)C(O)C1O. The van der Waals surface area contributed by atoms with E-state index in [-0.39, 0.29) is 32.0 Å². The van der Waals surface area contributed by atoms with Crippen LogP contribution in [0.2, 0.25) is 0 Å². The highest BCUT2D eigenvalue weighted by Gasteiger charge is 2.44. The van der Waals surface area contributed by atoms with Gasteiger partial charge in [0.15, 0.2) is 12.4 Å². The Labute approximate surface area is 397 Å². The standard InChI is InChI=1S/C55H98O10/c1-3-5-7-9-11-13-15-17-19-21-23-24-26-28-30-32-34-36-38-40-42-44-51(58)64-48(47-63-55-54(61)53(60)52(59)49(45-56)65-55)46-62-50(57)43-41-39-37-35-33-31-29-27-25-22-20-18-16-14-12-10-8-6-4-2/h5,7,11,13,17,19,23-24,48-49,52-56,59-61H,3-4,6,8-10,12,14-16,18,20-22,25-47H2,1-2H3/b7-5-,13-11-,19-17-,24-23-. The number of aliphatic hydroxyl groups is 4. The molecule has 1 fully saturated rings. The highest BCUT2D eigenvalue weighted by Crippen LogP contribution is 2.23. The Hall–Kier alpha value is -2.34. The Morgan fingerprint density at radius 1 is 0.492 bits per heavy atom. The summed E-state index contributed by atoms with van der Waals surface area (Å²) in [7, 11) is 0. The third-order valence-corrected chi connectivity index (χ3v) is 12.2. The van der Waals surface area contributed by atoms with Crippen LogP contribution in [0.3, 0.4) is 0 Å². The van der Waals surface area contributed by atoms with E-state index in [1.165, 1.54) is 128 Å². The van der Waals surface area contributed by atoms with Gasteiger partial charge in [-0.25, -0.2) is 0 Å². The summed E-state index contributed by atoms with van der Waals surface area (Å²) < 4.78 is 22.3. The van der Waals surface area contributed by atoms with Crippen molar-refractivity contribution in [3.63, 3.8) is 0 Å². The maximum Gasteiger partial charge on any atom is 0.306 e. The molecule has 6 atom stereocenters. The average Bonchev–Trinajstić information content (AvgIpc) is 3.30. The molecule has 0 aromatic rings. The van der Waals surface area contributed by atoms with Crippen molar-refractivity contribution in [3.8, 4) is 0 Å². The van der Waals surface area contributed by atoms with Crippen LogP contribution in [0.15, 0.2) is 48.6 Å². The van der Waals surface area contributed by atoms with Crippen LogP contribution in [0.1, 0.15) is 232 Å². The van der Waals surface area contributed by atoms with Crippen LogP contribution < -0.4 is 0 Å². The number of allylic oxidation sites excluding steroid dienone is 8. The van der Waals surface area contributed by atoms with Gasteiger partial charge in [-0.15, -0.1) is 0 Å². The van der Waals surface area contributed by atoms with Crippen molar-refractivity contribution in [1.29, 1.82) is 0 Å². The van der Waals surface area contributed by atoms with Crippen LogP contribution in [0.25, 0.3) is 0 Å². The summed E-state index contributed by atoms with van der Waals surface area (Å²) in [6, 6.07) is 0. The molecule has 0 aliphatic carbocycles. The van der Waals surface area contributed by atoms with Crippen LogP contribution in [-0.4, -0.2) is 89.0 Å². The van der Waals surface area contributed by atoms with Crippen LogP contribution in [-0.2, 0) is 28.5 Å². The number of aliphatic hydroxyl groups excluding tert-OH is 4. The van der Waals surface area contributed by atoms with Gasteiger partial charge in [0, 0.05) is 12.8 Å². The number of carbonyl (C=O) groups excluding carboxylic acids is 2. The molecule has 0 aromatic carbocycles. The first-order valence-corrected chi connectivity index (χ1v) is 26.7. The van der Waals surface area contributed by atoms with Crippen molar-refractivity contribution in [2.75, 3.05) is 19.8 Å². The first kappa shape index (κ1) is 60.7. The number of esters is 2. The lowest BCUT2D eigenvalue weighted by atomic mass is 9.99. The highest BCUT2D eigenvalue weighted by atomic mass is 16.7. The van der Waals surface area contributed by atoms with Crippen molar-refractivity contribution in [3.05, 3.63) is 48.6 Å². The third kappa shape index (κ3) is 36.4. The molecule has 1 saturated heterocycles. The van der Waals surface area contributed by atoms with Crippen LogP contribution in [0.5, 0.6) is 0 Å². The second kappa shape index (κ2) is 45.4. The molecule has 1 heterocycles. The van der Waals surface area contributed by atoms with Crippen LogP contribution in [0.4, 0.5) is 0 Å². The maximum atomic E-state index is 12.8. The average molecular weight is 919 g/mol. The van der Waals surface area contributed by atoms with Crippen molar-refractivity contribution >= 4 is 11.9 Å². The second-order valence-corrected chi connectivity index (χ2v) is 18.3. The van der Waals surface area contributed by atoms with Gasteiger partial charge in [-0.1, -0.05) is 217 Å². The molecule has 4 N–H and O–H groups in total. The fourth-order valence-corrected chi connectivity index (χ4v) is 8.06. The molecule has 0 bridgehead atoms. The van der Waals surface area contributed by atoms with Crippen molar-refractivity contribution in [1.82, 2.24) is 0 Å². The fraction of sp³-hybridized carbons (Fsp3) is 0.818. The second-order valence-electron chi connectivity index (χ2n) is 18.3. The molecule has 378 valence electrons. The zero-order valence-electron chi connectivity index (χ0n) is 41.5. The van der Waals surface area contributed by atoms with Gasteiger partial charge in [-0.3, -0.25) is 9.59 Å². The first-order valence-electron chi connectivity index (χ1n) is 26.7. The summed E-state index contributed by atoms with van der Waals surface area (Å²) in [5.41, 5.74) is 0. The minimum absolute atomic E-state index is 0.219. The molecule has 1 rings (SSSR count). The number of hydrogen-bond donors (Lipinski definition) is 4. The van der Waals surface area contributed by atoms with E-state index in [1.807, 2.05) is 0 Å². The summed E-state index contributed by atoms with van der Waals surface area (Å²) >= 11 is 0. The molecule has 10 heteroatoms. The van der Waals surface area contributed by atoms with E-state index in [2.05, 4.69) is 62.5 Å². The van der Waals surface area contributed by atoms with Gasteiger partial charge in [-0.05, 0) is 51.4 Å². The molecule has 65 heavy (non-hydrogen) atoms. The Bertz CT molecular complexity index is 1200. The summed E-state index contributed by atoms with van der Waals surface area (Å²) in [5, 5.41) is 40.2. The third-order valence-electron chi connectivity index (χ3n) is 12.2. The maximum absolute atomic E-state index is 12.8. The van der Waals surface area contributed by atoms with Crippen molar-refractivity contribution in [2.24, 2.45) is 0 Å². The van der Waals surface area contributed by atoms with Crippen molar-refractivity contribution < 1.29 is 49.0 Å². The Balaban J connectivity index is 2.24. The normalized spacial score (nSPS) is 19.6. The summed E-state index contributed by atoms with van der Waals surface area (Å²) in [4.78, 5) is 25.5. The number of unbranched alkanes of at least 4 members (excludes halogenated alkanes) is 26. The number of hydrogen-bond acceptors (Lipinski definition) is 10. The monoisotopic (exact) mass is 919 g/mol. The van der Waals surface area contributed by atoms with Gasteiger partial charge in [0.1, 0.15) is 31.0 Å². The van der Waals surface area contributed by atoms with Gasteiger partial charge in [-0.2, -0.15) is 0 Å². The lowest BCUT2D eigenvalue weighted by molar-refractivity contribution is -0.305. The predicted molar refractivity (Wildman–Crippen MR) is 265 cm³/mol. The lowest BCUT2D eigenvalue weighted by Crippen LogP contribution is -2.59. The zero-order valence-corrected chi connectivity index (χ0v) is 41.5. The Kier molecular flexibility index (Phi) is 42.4. The van der Waals surface area contributed by atoms with E-state index >= 15 is 0 Å². The molecule has 0 spiro atoms.